The molecule has 0 bridgehead atoms. The van der Waals surface area contributed by atoms with Crippen molar-refractivity contribution in [3.63, 3.8) is 0 Å². The summed E-state index contributed by atoms with van der Waals surface area (Å²) in [5.74, 6) is 0.721. The van der Waals surface area contributed by atoms with Gasteiger partial charge in [0.25, 0.3) is 0 Å². The van der Waals surface area contributed by atoms with E-state index in [1.165, 1.54) is 18.5 Å². The van der Waals surface area contributed by atoms with Gasteiger partial charge in [-0.15, -0.1) is 0 Å². The van der Waals surface area contributed by atoms with E-state index in [9.17, 15) is 0 Å². The van der Waals surface area contributed by atoms with Gasteiger partial charge < -0.3 is 10.6 Å². The number of benzene rings is 1. The highest BCUT2D eigenvalue weighted by Gasteiger charge is 2.33. The first-order chi connectivity index (χ1) is 8.53. The van der Waals surface area contributed by atoms with E-state index >= 15 is 0 Å². The van der Waals surface area contributed by atoms with Crippen LogP contribution in [0.15, 0.2) is 24.3 Å². The molecule has 100 valence electrons. The molecule has 1 atom stereocenters. The van der Waals surface area contributed by atoms with Crippen molar-refractivity contribution in [1.29, 1.82) is 0 Å². The molecule has 1 aromatic rings. The molecular weight excluding hydrogens is 244 g/mol. The molecule has 0 saturated carbocycles. The Morgan fingerprint density at radius 1 is 1.33 bits per heavy atom. The number of nitrogens with two attached hydrogens (primary N) is 1. The summed E-state index contributed by atoms with van der Waals surface area (Å²) >= 11 is 5.97. The van der Waals surface area contributed by atoms with Crippen LogP contribution in [0.3, 0.4) is 0 Å². The first-order valence-electron chi connectivity index (χ1n) is 6.76. The van der Waals surface area contributed by atoms with Gasteiger partial charge in [0.1, 0.15) is 0 Å². The van der Waals surface area contributed by atoms with E-state index in [0.29, 0.717) is 0 Å². The lowest BCUT2D eigenvalue weighted by molar-refractivity contribution is 0.282. The molecule has 2 N–H and O–H groups in total. The molecular formula is C15H23ClN2. The summed E-state index contributed by atoms with van der Waals surface area (Å²) in [7, 11) is 0. The Hall–Kier alpha value is -0.730. The topological polar surface area (TPSA) is 29.3 Å². The Morgan fingerprint density at radius 3 is 2.61 bits per heavy atom. The third-order valence-corrected chi connectivity index (χ3v) is 4.30. The van der Waals surface area contributed by atoms with Crippen molar-refractivity contribution in [2.24, 2.45) is 11.7 Å². The fraction of sp³-hybridized carbons (Fsp3) is 0.600. The molecule has 2 nitrogen and oxygen atoms in total. The van der Waals surface area contributed by atoms with Gasteiger partial charge in [-0.3, -0.25) is 0 Å². The minimum Gasteiger partial charge on any atom is -0.366 e. The molecule has 0 aliphatic carbocycles. The zero-order valence-electron chi connectivity index (χ0n) is 11.3. The van der Waals surface area contributed by atoms with Crippen molar-refractivity contribution in [2.45, 2.75) is 38.6 Å². The number of nitrogens with zero attached hydrogens (tertiary/aromatic N) is 1. The lowest BCUT2D eigenvalue weighted by Gasteiger charge is -2.47. The molecule has 1 fully saturated rings. The highest BCUT2D eigenvalue weighted by atomic mass is 35.5. The molecule has 0 amide bonds. The summed E-state index contributed by atoms with van der Waals surface area (Å²) in [5, 5.41) is 0.798. The van der Waals surface area contributed by atoms with Gasteiger partial charge in [0.05, 0.1) is 0 Å². The van der Waals surface area contributed by atoms with Crippen molar-refractivity contribution in [2.75, 3.05) is 18.0 Å². The second-order valence-corrected chi connectivity index (χ2v) is 6.32. The van der Waals surface area contributed by atoms with Crippen LogP contribution in [0.25, 0.3) is 0 Å². The number of rotatable bonds is 3. The van der Waals surface area contributed by atoms with Crippen molar-refractivity contribution in [3.8, 4) is 0 Å². The fourth-order valence-corrected chi connectivity index (χ4v) is 2.96. The standard InChI is InChI=1S/C15H23ClN2/c1-15(2)9-7-12(8-10-17)11-18(15)14-5-3-13(16)4-6-14/h3-6,12H,7-11,17H2,1-2H3. The van der Waals surface area contributed by atoms with Gasteiger partial charge in [0.2, 0.25) is 0 Å². The molecule has 3 heteroatoms. The molecule has 0 aromatic heterocycles. The predicted octanol–water partition coefficient (Wildman–Crippen LogP) is 3.68. The summed E-state index contributed by atoms with van der Waals surface area (Å²) in [5.41, 5.74) is 7.19. The zero-order valence-corrected chi connectivity index (χ0v) is 12.1. The molecule has 2 rings (SSSR count). The van der Waals surface area contributed by atoms with E-state index in [2.05, 4.69) is 30.9 Å². The molecule has 1 heterocycles. The van der Waals surface area contributed by atoms with E-state index in [-0.39, 0.29) is 5.54 Å². The number of piperidine rings is 1. The molecule has 1 unspecified atom stereocenters. The Kier molecular flexibility index (Phi) is 4.18. The highest BCUT2D eigenvalue weighted by molar-refractivity contribution is 6.30. The molecule has 1 aliphatic rings. The van der Waals surface area contributed by atoms with Gasteiger partial charge in [-0.2, -0.15) is 0 Å². The molecule has 1 aliphatic heterocycles. The monoisotopic (exact) mass is 266 g/mol. The summed E-state index contributed by atoms with van der Waals surface area (Å²) in [4.78, 5) is 2.51. The smallest absolute Gasteiger partial charge is 0.0407 e. The van der Waals surface area contributed by atoms with Crippen LogP contribution in [0.5, 0.6) is 0 Å². The van der Waals surface area contributed by atoms with Gasteiger partial charge in [-0.05, 0) is 69.8 Å². The summed E-state index contributed by atoms with van der Waals surface area (Å²) in [6.07, 6.45) is 3.63. The third-order valence-electron chi connectivity index (χ3n) is 4.05. The maximum atomic E-state index is 5.97. The molecule has 0 spiro atoms. The number of halogens is 1. The van der Waals surface area contributed by atoms with E-state index < -0.39 is 0 Å². The van der Waals surface area contributed by atoms with E-state index in [4.69, 9.17) is 17.3 Å². The lowest BCUT2D eigenvalue weighted by atomic mass is 9.83. The SMILES string of the molecule is CC1(C)CCC(CCN)CN1c1ccc(Cl)cc1. The maximum Gasteiger partial charge on any atom is 0.0407 e. The number of anilines is 1. The Morgan fingerprint density at radius 2 is 2.00 bits per heavy atom. The first-order valence-corrected chi connectivity index (χ1v) is 7.14. The lowest BCUT2D eigenvalue weighted by Crippen LogP contribution is -2.50. The highest BCUT2D eigenvalue weighted by Crippen LogP contribution is 2.36. The second-order valence-electron chi connectivity index (χ2n) is 5.88. The average molecular weight is 267 g/mol. The Balaban J connectivity index is 2.18. The third kappa shape index (κ3) is 2.99. The van der Waals surface area contributed by atoms with Crippen molar-refractivity contribution < 1.29 is 0 Å². The van der Waals surface area contributed by atoms with Crippen LogP contribution < -0.4 is 10.6 Å². The van der Waals surface area contributed by atoms with Crippen LogP contribution in [-0.2, 0) is 0 Å². The number of hydrogen-bond donors (Lipinski definition) is 1. The minimum atomic E-state index is 0.221. The van der Waals surface area contributed by atoms with Crippen molar-refractivity contribution >= 4 is 17.3 Å². The largest absolute Gasteiger partial charge is 0.366 e. The summed E-state index contributed by atoms with van der Waals surface area (Å²) < 4.78 is 0. The van der Waals surface area contributed by atoms with Gasteiger partial charge >= 0.3 is 0 Å². The van der Waals surface area contributed by atoms with Crippen LogP contribution >= 0.6 is 11.6 Å². The summed E-state index contributed by atoms with van der Waals surface area (Å²) in [6.45, 7) is 6.53. The van der Waals surface area contributed by atoms with Gasteiger partial charge in [0.15, 0.2) is 0 Å². The van der Waals surface area contributed by atoms with E-state index in [1.54, 1.807) is 0 Å². The fourth-order valence-electron chi connectivity index (χ4n) is 2.84. The normalized spacial score (nSPS) is 23.1. The van der Waals surface area contributed by atoms with Gasteiger partial charge in [-0.25, -0.2) is 0 Å². The second kappa shape index (κ2) is 5.50. The van der Waals surface area contributed by atoms with Gasteiger partial charge in [0, 0.05) is 22.8 Å². The van der Waals surface area contributed by atoms with E-state index in [1.807, 2.05) is 12.1 Å². The van der Waals surface area contributed by atoms with Crippen LogP contribution in [0.1, 0.15) is 33.1 Å². The Labute approximate surface area is 115 Å². The van der Waals surface area contributed by atoms with Crippen LogP contribution in [0.4, 0.5) is 5.69 Å². The van der Waals surface area contributed by atoms with Crippen LogP contribution in [-0.4, -0.2) is 18.6 Å². The first kappa shape index (κ1) is 13.7. The van der Waals surface area contributed by atoms with Crippen LogP contribution in [0.2, 0.25) is 5.02 Å². The van der Waals surface area contributed by atoms with Crippen molar-refractivity contribution in [3.05, 3.63) is 29.3 Å². The zero-order chi connectivity index (χ0) is 13.2. The minimum absolute atomic E-state index is 0.221. The quantitative estimate of drug-likeness (QED) is 0.904. The van der Waals surface area contributed by atoms with Crippen LogP contribution in [0, 0.1) is 5.92 Å². The number of hydrogen-bond acceptors (Lipinski definition) is 2. The summed E-state index contributed by atoms with van der Waals surface area (Å²) in [6, 6.07) is 8.18. The average Bonchev–Trinajstić information content (AvgIpc) is 2.33. The molecule has 1 saturated heterocycles. The van der Waals surface area contributed by atoms with Gasteiger partial charge in [-0.1, -0.05) is 11.6 Å². The molecule has 1 aromatic carbocycles. The predicted molar refractivity (Wildman–Crippen MR) is 79.3 cm³/mol. The van der Waals surface area contributed by atoms with E-state index in [0.717, 1.165) is 30.5 Å². The molecule has 0 radical (unpaired) electrons. The molecule has 18 heavy (non-hydrogen) atoms. The Bertz CT molecular complexity index is 386. The van der Waals surface area contributed by atoms with Crippen molar-refractivity contribution in [1.82, 2.24) is 0 Å². The maximum absolute atomic E-state index is 5.97.